The molecule has 170 valence electrons. The molecule has 0 aliphatic carbocycles. The van der Waals surface area contributed by atoms with E-state index in [2.05, 4.69) is 15.6 Å². The fourth-order valence-corrected chi connectivity index (χ4v) is 5.00. The molecule has 10 heteroatoms. The summed E-state index contributed by atoms with van der Waals surface area (Å²) < 4.78 is 14.9. The summed E-state index contributed by atoms with van der Waals surface area (Å²) in [7, 11) is 0. The Morgan fingerprint density at radius 2 is 1.97 bits per heavy atom. The molecule has 0 saturated heterocycles. The number of nitrogens with zero attached hydrogens (tertiary/aromatic N) is 2. The summed E-state index contributed by atoms with van der Waals surface area (Å²) in [6.45, 7) is 6.32. The molecule has 3 aromatic rings. The van der Waals surface area contributed by atoms with Gasteiger partial charge in [0.05, 0.1) is 10.6 Å². The van der Waals surface area contributed by atoms with Crippen molar-refractivity contribution in [1.82, 2.24) is 20.2 Å². The second-order valence-electron chi connectivity index (χ2n) is 7.15. The molecule has 0 aliphatic rings. The van der Waals surface area contributed by atoms with Gasteiger partial charge in [-0.25, -0.2) is 14.2 Å². The number of imide groups is 1. The number of amides is 3. The van der Waals surface area contributed by atoms with Gasteiger partial charge >= 0.3 is 6.03 Å². The van der Waals surface area contributed by atoms with Gasteiger partial charge in [0.25, 0.3) is 5.56 Å². The van der Waals surface area contributed by atoms with Crippen LogP contribution in [0.3, 0.4) is 0 Å². The van der Waals surface area contributed by atoms with E-state index in [0.717, 1.165) is 30.2 Å². The molecule has 0 fully saturated rings. The molecule has 7 nitrogen and oxygen atoms in total. The molecular formula is C22H25FN4O3S2. The highest BCUT2D eigenvalue weighted by atomic mass is 32.2. The second-order valence-corrected chi connectivity index (χ2v) is 9.32. The lowest BCUT2D eigenvalue weighted by atomic mass is 10.1. The zero-order valence-corrected chi connectivity index (χ0v) is 19.7. The quantitative estimate of drug-likeness (QED) is 0.372. The molecule has 0 radical (unpaired) electrons. The van der Waals surface area contributed by atoms with Gasteiger partial charge in [0.15, 0.2) is 5.16 Å². The summed E-state index contributed by atoms with van der Waals surface area (Å²) in [5.74, 6) is -0.805. The van der Waals surface area contributed by atoms with E-state index in [1.807, 2.05) is 12.3 Å². The van der Waals surface area contributed by atoms with Crippen LogP contribution in [0.1, 0.15) is 33.6 Å². The molecule has 1 unspecified atom stereocenters. The minimum atomic E-state index is -0.633. The minimum absolute atomic E-state index is 0.192. The topological polar surface area (TPSA) is 93.1 Å². The molecule has 2 heterocycles. The highest BCUT2D eigenvalue weighted by Gasteiger charge is 2.22. The Hall–Kier alpha value is -2.72. The Morgan fingerprint density at radius 1 is 1.25 bits per heavy atom. The lowest BCUT2D eigenvalue weighted by molar-refractivity contribution is -0.119. The normalized spacial score (nSPS) is 12.0. The SMILES string of the molecule is CCCCn1c(SC(C)C(=O)NC(=O)NCC)nc2scc(-c3ccc(F)cc3)c2c1=O. The number of rotatable bonds is 8. The number of benzene rings is 1. The van der Waals surface area contributed by atoms with Crippen molar-refractivity contribution in [1.29, 1.82) is 0 Å². The Labute approximate surface area is 193 Å². The van der Waals surface area contributed by atoms with Gasteiger partial charge in [-0.3, -0.25) is 19.5 Å². The van der Waals surface area contributed by atoms with Crippen molar-refractivity contribution in [2.45, 2.75) is 50.6 Å². The van der Waals surface area contributed by atoms with Crippen LogP contribution >= 0.6 is 23.1 Å². The summed E-state index contributed by atoms with van der Waals surface area (Å²) in [5.41, 5.74) is 1.27. The van der Waals surface area contributed by atoms with Gasteiger partial charge in [0.1, 0.15) is 10.6 Å². The first-order valence-corrected chi connectivity index (χ1v) is 12.1. The van der Waals surface area contributed by atoms with E-state index < -0.39 is 17.2 Å². The lowest BCUT2D eigenvalue weighted by Gasteiger charge is -2.15. The summed E-state index contributed by atoms with van der Waals surface area (Å²) in [5, 5.41) is 6.94. The van der Waals surface area contributed by atoms with Crippen molar-refractivity contribution >= 4 is 45.3 Å². The third-order valence-electron chi connectivity index (χ3n) is 4.77. The lowest BCUT2D eigenvalue weighted by Crippen LogP contribution is -2.42. The number of aromatic nitrogens is 2. The molecular weight excluding hydrogens is 451 g/mol. The summed E-state index contributed by atoms with van der Waals surface area (Å²) in [6.07, 6.45) is 1.66. The summed E-state index contributed by atoms with van der Waals surface area (Å²) in [6, 6.07) is 5.45. The van der Waals surface area contributed by atoms with Crippen LogP contribution in [-0.4, -0.2) is 33.3 Å². The van der Waals surface area contributed by atoms with E-state index >= 15 is 0 Å². The number of thiophene rings is 1. The Kier molecular flexibility index (Phi) is 8.03. The van der Waals surface area contributed by atoms with Crippen molar-refractivity contribution in [3.8, 4) is 11.1 Å². The molecule has 0 spiro atoms. The Bertz CT molecular complexity index is 1170. The zero-order chi connectivity index (χ0) is 23.3. The molecule has 0 saturated carbocycles. The van der Waals surface area contributed by atoms with Crippen LogP contribution in [-0.2, 0) is 11.3 Å². The van der Waals surface area contributed by atoms with Crippen molar-refractivity contribution in [3.05, 3.63) is 45.8 Å². The van der Waals surface area contributed by atoms with Crippen molar-refractivity contribution in [2.75, 3.05) is 6.54 Å². The fraction of sp³-hybridized carbons (Fsp3) is 0.364. The maximum atomic E-state index is 13.5. The first kappa shape index (κ1) is 23.9. The maximum Gasteiger partial charge on any atom is 0.321 e. The molecule has 2 aromatic heterocycles. The first-order valence-electron chi connectivity index (χ1n) is 10.4. The van der Waals surface area contributed by atoms with Gasteiger partial charge in [-0.2, -0.15) is 0 Å². The summed E-state index contributed by atoms with van der Waals surface area (Å²) >= 11 is 2.47. The predicted octanol–water partition coefficient (Wildman–Crippen LogP) is 4.39. The van der Waals surface area contributed by atoms with E-state index in [4.69, 9.17) is 0 Å². The molecule has 3 amide bonds. The van der Waals surface area contributed by atoms with Crippen LogP contribution in [0.15, 0.2) is 39.6 Å². The largest absolute Gasteiger partial charge is 0.338 e. The maximum absolute atomic E-state index is 13.5. The summed E-state index contributed by atoms with van der Waals surface area (Å²) in [4.78, 5) is 42.8. The van der Waals surface area contributed by atoms with E-state index in [1.54, 1.807) is 30.5 Å². The smallest absolute Gasteiger partial charge is 0.321 e. The number of unbranched alkanes of at least 4 members (excludes halogenated alkanes) is 1. The molecule has 0 aliphatic heterocycles. The standard InChI is InChI=1S/C22H25FN4O3S2/c1-4-6-11-27-20(29)17-16(14-7-9-15(23)10-8-14)12-31-19(17)26-22(27)32-13(3)18(28)25-21(30)24-5-2/h7-10,12-13H,4-6,11H2,1-3H3,(H2,24,25,28,30). The first-order chi connectivity index (χ1) is 15.3. The Morgan fingerprint density at radius 3 is 2.62 bits per heavy atom. The number of urea groups is 1. The highest BCUT2D eigenvalue weighted by molar-refractivity contribution is 8.00. The van der Waals surface area contributed by atoms with Crippen LogP contribution < -0.4 is 16.2 Å². The number of carbonyl (C=O) groups is 2. The van der Waals surface area contributed by atoms with Gasteiger partial charge in [-0.05, 0) is 38.0 Å². The van der Waals surface area contributed by atoms with Crippen molar-refractivity contribution < 1.29 is 14.0 Å². The molecule has 1 atom stereocenters. The van der Waals surface area contributed by atoms with Crippen LogP contribution in [0.25, 0.3) is 21.3 Å². The number of hydrogen-bond acceptors (Lipinski definition) is 6. The minimum Gasteiger partial charge on any atom is -0.338 e. The van der Waals surface area contributed by atoms with Crippen LogP contribution in [0.4, 0.5) is 9.18 Å². The number of thioether (sulfide) groups is 1. The van der Waals surface area contributed by atoms with Gasteiger partial charge < -0.3 is 5.32 Å². The molecule has 32 heavy (non-hydrogen) atoms. The van der Waals surface area contributed by atoms with Crippen molar-refractivity contribution in [2.24, 2.45) is 0 Å². The van der Waals surface area contributed by atoms with E-state index in [0.29, 0.717) is 34.0 Å². The number of halogens is 1. The highest BCUT2D eigenvalue weighted by Crippen LogP contribution is 2.33. The molecule has 1 aromatic carbocycles. The number of hydrogen-bond donors (Lipinski definition) is 2. The third-order valence-corrected chi connectivity index (χ3v) is 6.74. The van der Waals surface area contributed by atoms with Gasteiger partial charge in [0.2, 0.25) is 5.91 Å². The van der Waals surface area contributed by atoms with Crippen molar-refractivity contribution in [3.63, 3.8) is 0 Å². The number of nitrogens with one attached hydrogen (secondary N) is 2. The van der Waals surface area contributed by atoms with E-state index in [9.17, 15) is 18.8 Å². The van der Waals surface area contributed by atoms with Crippen LogP contribution in [0.2, 0.25) is 0 Å². The van der Waals surface area contributed by atoms with Gasteiger partial charge in [0, 0.05) is 24.0 Å². The van der Waals surface area contributed by atoms with Crippen LogP contribution in [0.5, 0.6) is 0 Å². The molecule has 3 rings (SSSR count). The molecule has 2 N–H and O–H groups in total. The zero-order valence-electron chi connectivity index (χ0n) is 18.1. The number of carbonyl (C=O) groups excluding carboxylic acids is 2. The predicted molar refractivity (Wildman–Crippen MR) is 127 cm³/mol. The molecule has 0 bridgehead atoms. The average Bonchev–Trinajstić information content (AvgIpc) is 3.18. The van der Waals surface area contributed by atoms with E-state index in [-0.39, 0.29) is 11.4 Å². The van der Waals surface area contributed by atoms with Gasteiger partial charge in [-0.15, -0.1) is 11.3 Å². The van der Waals surface area contributed by atoms with E-state index in [1.165, 1.54) is 23.5 Å². The van der Waals surface area contributed by atoms with Gasteiger partial charge in [-0.1, -0.05) is 37.2 Å². The average molecular weight is 477 g/mol. The van der Waals surface area contributed by atoms with Crippen LogP contribution in [0, 0.1) is 5.82 Å². The second kappa shape index (κ2) is 10.7. The third kappa shape index (κ3) is 5.36. The number of fused-ring (bicyclic) bond motifs is 1. The Balaban J connectivity index is 1.99. The fourth-order valence-electron chi connectivity index (χ4n) is 3.08. The monoisotopic (exact) mass is 476 g/mol.